The minimum Gasteiger partial charge on any atom is -0.394 e. The molecule has 5 atom stereocenters. The molecule has 6 nitrogen and oxygen atoms in total. The third-order valence-electron chi connectivity index (χ3n) is 5.87. The Morgan fingerprint density at radius 1 is 0.759 bits per heavy atom. The number of aliphatic hydroxyl groups excluding tert-OH is 4. The van der Waals surface area contributed by atoms with Crippen LogP contribution in [0, 0.1) is 0 Å². The first-order valence-electron chi connectivity index (χ1n) is 9.66. The van der Waals surface area contributed by atoms with Gasteiger partial charge >= 0.3 is 0 Å². The quantitative estimate of drug-likeness (QED) is 0.395. The van der Waals surface area contributed by atoms with Gasteiger partial charge in [-0.3, -0.25) is 0 Å². The summed E-state index contributed by atoms with van der Waals surface area (Å²) in [5.41, 5.74) is 0.924. The summed E-state index contributed by atoms with van der Waals surface area (Å²) in [7, 11) is 0. The first kappa shape index (κ1) is 18.7. The van der Waals surface area contributed by atoms with Gasteiger partial charge < -0.3 is 29.9 Å². The zero-order valence-corrected chi connectivity index (χ0v) is 15.6. The van der Waals surface area contributed by atoms with Gasteiger partial charge in [0, 0.05) is 0 Å². The molecule has 0 aromatic heterocycles. The number of benzene rings is 4. The zero-order chi connectivity index (χ0) is 20.1. The second-order valence-corrected chi connectivity index (χ2v) is 7.59. The Morgan fingerprint density at radius 3 is 2.14 bits per heavy atom. The predicted molar refractivity (Wildman–Crippen MR) is 109 cm³/mol. The second kappa shape index (κ2) is 7.18. The van der Waals surface area contributed by atoms with Crippen LogP contribution in [0.5, 0.6) is 0 Å². The number of ether oxygens (including phenoxy) is 2. The van der Waals surface area contributed by atoms with Crippen molar-refractivity contribution in [3.63, 3.8) is 0 Å². The summed E-state index contributed by atoms with van der Waals surface area (Å²) in [6.45, 7) is -0.333. The van der Waals surface area contributed by atoms with Crippen molar-refractivity contribution >= 4 is 32.3 Å². The standard InChI is InChI=1S/C23H22O6/c24-10-17-20(25)21(26)22(27)23(29-17)28-11-15-7-6-14-5-4-12-2-1-3-13-8-9-16(15)19(14)18(12)13/h1-9,17,20-27H,10-11H2/t17-,20-,21+,22-,23-/m1/s1. The van der Waals surface area contributed by atoms with E-state index in [-0.39, 0.29) is 6.61 Å². The molecule has 4 aromatic carbocycles. The van der Waals surface area contributed by atoms with Gasteiger partial charge in [0.05, 0.1) is 13.2 Å². The lowest BCUT2D eigenvalue weighted by Crippen LogP contribution is -2.59. The Labute approximate surface area is 166 Å². The molecule has 1 aliphatic rings. The smallest absolute Gasteiger partial charge is 0.187 e. The summed E-state index contributed by atoms with van der Waals surface area (Å²) in [4.78, 5) is 0. The van der Waals surface area contributed by atoms with Crippen LogP contribution in [0.3, 0.4) is 0 Å². The van der Waals surface area contributed by atoms with Gasteiger partial charge in [0.2, 0.25) is 0 Å². The Morgan fingerprint density at radius 2 is 1.41 bits per heavy atom. The monoisotopic (exact) mass is 394 g/mol. The van der Waals surface area contributed by atoms with Gasteiger partial charge in [-0.25, -0.2) is 0 Å². The first-order valence-corrected chi connectivity index (χ1v) is 9.66. The van der Waals surface area contributed by atoms with Gasteiger partial charge in [0.25, 0.3) is 0 Å². The summed E-state index contributed by atoms with van der Waals surface area (Å²) >= 11 is 0. The third-order valence-corrected chi connectivity index (χ3v) is 5.87. The van der Waals surface area contributed by atoms with Crippen molar-refractivity contribution in [2.45, 2.75) is 37.3 Å². The summed E-state index contributed by atoms with van der Waals surface area (Å²) in [5.74, 6) is 0. The average molecular weight is 394 g/mol. The minimum absolute atomic E-state index is 0.150. The molecule has 1 aliphatic heterocycles. The molecule has 1 saturated heterocycles. The molecule has 1 heterocycles. The van der Waals surface area contributed by atoms with E-state index in [1.807, 2.05) is 18.2 Å². The molecule has 0 saturated carbocycles. The molecule has 0 bridgehead atoms. The van der Waals surface area contributed by atoms with Crippen molar-refractivity contribution in [2.75, 3.05) is 6.61 Å². The van der Waals surface area contributed by atoms with Crippen LogP contribution in [0.15, 0.2) is 54.6 Å². The fourth-order valence-electron chi connectivity index (χ4n) is 4.30. The Hall–Kier alpha value is -2.32. The van der Waals surface area contributed by atoms with Crippen molar-refractivity contribution in [1.29, 1.82) is 0 Å². The van der Waals surface area contributed by atoms with E-state index in [2.05, 4.69) is 36.4 Å². The molecule has 5 rings (SSSR count). The molecular weight excluding hydrogens is 372 g/mol. The number of rotatable bonds is 4. The largest absolute Gasteiger partial charge is 0.394 e. The van der Waals surface area contributed by atoms with Crippen molar-refractivity contribution in [3.05, 3.63) is 60.2 Å². The average Bonchev–Trinajstić information content (AvgIpc) is 2.76. The second-order valence-electron chi connectivity index (χ2n) is 7.59. The Kier molecular flexibility index (Phi) is 4.63. The molecule has 4 aromatic rings. The molecule has 0 amide bonds. The summed E-state index contributed by atoms with van der Waals surface area (Å²) < 4.78 is 11.2. The van der Waals surface area contributed by atoms with Crippen LogP contribution in [0.4, 0.5) is 0 Å². The van der Waals surface area contributed by atoms with Crippen molar-refractivity contribution < 1.29 is 29.9 Å². The molecule has 29 heavy (non-hydrogen) atoms. The van der Waals surface area contributed by atoms with Crippen LogP contribution in [0.25, 0.3) is 32.3 Å². The number of hydrogen-bond acceptors (Lipinski definition) is 6. The van der Waals surface area contributed by atoms with Gasteiger partial charge in [-0.1, -0.05) is 54.6 Å². The van der Waals surface area contributed by atoms with Crippen LogP contribution in [0.2, 0.25) is 0 Å². The lowest BCUT2D eigenvalue weighted by Gasteiger charge is -2.39. The first-order chi connectivity index (χ1) is 14.1. The highest BCUT2D eigenvalue weighted by molar-refractivity contribution is 6.23. The molecular formula is C23H22O6. The molecule has 4 N–H and O–H groups in total. The highest BCUT2D eigenvalue weighted by Gasteiger charge is 2.44. The molecule has 6 heteroatoms. The topological polar surface area (TPSA) is 99.4 Å². The van der Waals surface area contributed by atoms with Crippen LogP contribution in [0.1, 0.15) is 5.56 Å². The van der Waals surface area contributed by atoms with E-state index in [4.69, 9.17) is 9.47 Å². The predicted octanol–water partition coefficient (Wildman–Crippen LogP) is 1.90. The molecule has 0 spiro atoms. The summed E-state index contributed by atoms with van der Waals surface area (Å²) in [6.07, 6.45) is -6.40. The van der Waals surface area contributed by atoms with Crippen molar-refractivity contribution in [2.24, 2.45) is 0 Å². The van der Waals surface area contributed by atoms with Crippen LogP contribution in [-0.2, 0) is 16.1 Å². The number of aliphatic hydroxyl groups is 4. The van der Waals surface area contributed by atoms with Crippen molar-refractivity contribution in [3.8, 4) is 0 Å². The van der Waals surface area contributed by atoms with E-state index < -0.39 is 37.3 Å². The highest BCUT2D eigenvalue weighted by Crippen LogP contribution is 2.36. The van der Waals surface area contributed by atoms with Crippen LogP contribution < -0.4 is 0 Å². The van der Waals surface area contributed by atoms with Gasteiger partial charge in [-0.15, -0.1) is 0 Å². The lowest BCUT2D eigenvalue weighted by atomic mass is 9.92. The van der Waals surface area contributed by atoms with E-state index in [9.17, 15) is 20.4 Å². The van der Waals surface area contributed by atoms with E-state index in [0.29, 0.717) is 0 Å². The van der Waals surface area contributed by atoms with E-state index in [0.717, 1.165) is 21.7 Å². The van der Waals surface area contributed by atoms with E-state index >= 15 is 0 Å². The number of hydrogen-bond donors (Lipinski definition) is 4. The van der Waals surface area contributed by atoms with E-state index in [1.165, 1.54) is 16.2 Å². The third kappa shape index (κ3) is 2.97. The molecule has 1 fully saturated rings. The minimum atomic E-state index is -1.45. The fourth-order valence-corrected chi connectivity index (χ4v) is 4.30. The van der Waals surface area contributed by atoms with E-state index in [1.54, 1.807) is 0 Å². The normalized spacial score (nSPS) is 27.9. The molecule has 150 valence electrons. The maximum absolute atomic E-state index is 10.2. The maximum atomic E-state index is 10.2. The molecule has 0 radical (unpaired) electrons. The summed E-state index contributed by atoms with van der Waals surface area (Å²) in [6, 6.07) is 18.6. The lowest BCUT2D eigenvalue weighted by molar-refractivity contribution is -0.304. The highest BCUT2D eigenvalue weighted by atomic mass is 16.7. The fraction of sp³-hybridized carbons (Fsp3) is 0.304. The Balaban J connectivity index is 1.49. The van der Waals surface area contributed by atoms with Gasteiger partial charge in [-0.2, -0.15) is 0 Å². The van der Waals surface area contributed by atoms with Gasteiger partial charge in [0.1, 0.15) is 24.4 Å². The van der Waals surface area contributed by atoms with Gasteiger partial charge in [-0.05, 0) is 37.9 Å². The van der Waals surface area contributed by atoms with Crippen molar-refractivity contribution in [1.82, 2.24) is 0 Å². The summed E-state index contributed by atoms with van der Waals surface area (Å²) in [5, 5.41) is 46.3. The van der Waals surface area contributed by atoms with Gasteiger partial charge in [0.15, 0.2) is 6.29 Å². The Bertz CT molecular complexity index is 1140. The SMILES string of the molecule is OC[C@H]1O[C@@H](OCc2ccc3ccc4cccc5ccc2c3c45)[C@H](O)[C@@H](O)[C@@H]1O. The maximum Gasteiger partial charge on any atom is 0.187 e. The van der Waals surface area contributed by atoms with Crippen LogP contribution in [-0.4, -0.2) is 57.7 Å². The molecule has 0 aliphatic carbocycles. The zero-order valence-electron chi connectivity index (χ0n) is 15.6. The van der Waals surface area contributed by atoms with Crippen LogP contribution >= 0.6 is 0 Å². The molecule has 0 unspecified atom stereocenters.